The van der Waals surface area contributed by atoms with Crippen LogP contribution in [-0.2, 0) is 23.6 Å². The molecule has 8 rings (SSSR count). The van der Waals surface area contributed by atoms with Gasteiger partial charge in [0.1, 0.15) is 11.1 Å². The van der Waals surface area contributed by atoms with Crippen LogP contribution in [0.5, 0.6) is 0 Å². The molecule has 0 bridgehead atoms. The van der Waals surface area contributed by atoms with Crippen LogP contribution in [-0.4, -0.2) is 24.2 Å². The van der Waals surface area contributed by atoms with Gasteiger partial charge in [-0.1, -0.05) is 182 Å². The second kappa shape index (κ2) is 15.9. The van der Waals surface area contributed by atoms with Crippen LogP contribution < -0.4 is 0 Å². The Balaban J connectivity index is 0.000000162. The predicted octanol–water partition coefficient (Wildman–Crippen LogP) is 9.68. The summed E-state index contributed by atoms with van der Waals surface area (Å²) in [5.41, 5.74) is 7.38. The minimum Gasteiger partial charge on any atom is -0.390 e. The molecule has 0 aliphatic rings. The van der Waals surface area contributed by atoms with Crippen molar-refractivity contribution in [2.24, 2.45) is 0 Å². The average molecular weight is 699 g/mol. The number of alkyl halides is 1. The van der Waals surface area contributed by atoms with Gasteiger partial charge in [0.05, 0.1) is 36.5 Å². The van der Waals surface area contributed by atoms with Crippen LogP contribution in [0.1, 0.15) is 44.8 Å². The lowest BCUT2D eigenvalue weighted by Crippen LogP contribution is -2.36. The Bertz CT molecular complexity index is 1900. The van der Waals surface area contributed by atoms with Crippen LogP contribution >= 0.6 is 11.6 Å². The van der Waals surface area contributed by atoms with E-state index in [0.29, 0.717) is 11.6 Å². The fourth-order valence-electron chi connectivity index (χ4n) is 7.22. The molecule has 52 heavy (non-hydrogen) atoms. The highest BCUT2D eigenvalue weighted by molar-refractivity contribution is 6.16. The summed E-state index contributed by atoms with van der Waals surface area (Å²) in [5, 5.41) is 9.55. The van der Waals surface area contributed by atoms with Crippen LogP contribution in [0.3, 0.4) is 0 Å². The first-order valence-corrected chi connectivity index (χ1v) is 17.8. The van der Waals surface area contributed by atoms with E-state index in [0.717, 1.165) is 22.4 Å². The topological polar surface area (TPSA) is 55.9 Å². The van der Waals surface area contributed by atoms with Crippen molar-refractivity contribution in [2.45, 2.75) is 23.6 Å². The second-order valence-electron chi connectivity index (χ2n) is 12.5. The molecule has 6 aromatic carbocycles. The summed E-state index contributed by atoms with van der Waals surface area (Å²) in [7, 11) is 0. The summed E-state index contributed by atoms with van der Waals surface area (Å²) in [6, 6.07) is 62.8. The van der Waals surface area contributed by atoms with E-state index in [2.05, 4.69) is 165 Å². The number of imidazole rings is 2. The summed E-state index contributed by atoms with van der Waals surface area (Å²) in [5.74, 6) is 0.390. The smallest absolute Gasteiger partial charge is 0.121 e. The summed E-state index contributed by atoms with van der Waals surface area (Å²) in [6.07, 6.45) is 7.65. The predicted molar refractivity (Wildman–Crippen MR) is 209 cm³/mol. The summed E-state index contributed by atoms with van der Waals surface area (Å²) in [6.45, 7) is -0.0819. The maximum Gasteiger partial charge on any atom is 0.121 e. The van der Waals surface area contributed by atoms with Crippen LogP contribution in [0.25, 0.3) is 0 Å². The number of aliphatic hydroxyl groups is 1. The van der Waals surface area contributed by atoms with Gasteiger partial charge in [-0.05, 0) is 33.4 Å². The zero-order valence-corrected chi connectivity index (χ0v) is 29.4. The van der Waals surface area contributed by atoms with Gasteiger partial charge in [-0.25, -0.2) is 9.97 Å². The molecule has 0 fully saturated rings. The Morgan fingerprint density at radius 2 is 0.654 bits per heavy atom. The van der Waals surface area contributed by atoms with Crippen molar-refractivity contribution in [3.63, 3.8) is 0 Å². The van der Waals surface area contributed by atoms with Crippen molar-refractivity contribution in [1.82, 2.24) is 19.1 Å². The van der Waals surface area contributed by atoms with E-state index in [1.54, 1.807) is 6.33 Å². The van der Waals surface area contributed by atoms with Gasteiger partial charge in [-0.2, -0.15) is 0 Å². The van der Waals surface area contributed by atoms with E-state index in [4.69, 9.17) is 11.6 Å². The third-order valence-electron chi connectivity index (χ3n) is 9.50. The van der Waals surface area contributed by atoms with Gasteiger partial charge in [0.2, 0.25) is 0 Å². The average Bonchev–Trinajstić information content (AvgIpc) is 3.93. The molecule has 2 aromatic heterocycles. The SMILES string of the molecule is ClCc1cn(C(c2ccccc2)(c2ccccc2)c2ccccc2)cn1.OCc1cn(C(c2ccccc2)(c2ccccc2)c2ccccc2)cn1. The molecule has 8 aromatic rings. The number of aliphatic hydroxyl groups excluding tert-OH is 1. The molecular weight excluding hydrogens is 660 g/mol. The molecule has 1 N–H and O–H groups in total. The van der Waals surface area contributed by atoms with Crippen molar-refractivity contribution in [3.8, 4) is 0 Å². The Morgan fingerprint density at radius 1 is 0.404 bits per heavy atom. The van der Waals surface area contributed by atoms with Crippen molar-refractivity contribution in [3.05, 3.63) is 252 Å². The monoisotopic (exact) mass is 698 g/mol. The lowest BCUT2D eigenvalue weighted by molar-refractivity contribution is 0.277. The molecule has 0 aliphatic heterocycles. The van der Waals surface area contributed by atoms with Crippen molar-refractivity contribution >= 4 is 11.6 Å². The fraction of sp³-hybridized carbons (Fsp3) is 0.0870. The standard InChI is InChI=1S/C23H19ClN2.C23H20N2O/c24-16-22-17-26(18-25-22)23(19-10-4-1-5-11-19,20-12-6-2-7-13-20)21-14-8-3-9-15-21;26-17-22-16-25(18-24-22)23(19-10-4-1-5-11-19,20-12-6-2-7-13-20)21-14-8-3-9-15-21/h1-15,17-18H,16H2;1-16,18,26H,17H2. The molecule has 0 atom stereocenters. The molecule has 6 heteroatoms. The summed E-state index contributed by atoms with van der Waals surface area (Å²) < 4.78 is 4.27. The molecular formula is C46H39ClN4O. The number of hydrogen-bond donors (Lipinski definition) is 1. The summed E-state index contributed by atoms with van der Waals surface area (Å²) in [4.78, 5) is 8.90. The van der Waals surface area contributed by atoms with Gasteiger partial charge in [0.25, 0.3) is 0 Å². The molecule has 0 aliphatic carbocycles. The zero-order valence-electron chi connectivity index (χ0n) is 28.7. The van der Waals surface area contributed by atoms with E-state index < -0.39 is 11.1 Å². The van der Waals surface area contributed by atoms with E-state index in [-0.39, 0.29) is 6.61 Å². The Morgan fingerprint density at radius 3 is 0.865 bits per heavy atom. The first-order chi connectivity index (χ1) is 25.7. The van der Waals surface area contributed by atoms with E-state index in [1.807, 2.05) is 55.1 Å². The second-order valence-corrected chi connectivity index (χ2v) is 12.7. The number of benzene rings is 6. The maximum absolute atomic E-state index is 9.55. The van der Waals surface area contributed by atoms with Gasteiger partial charge in [-0.3, -0.25) is 0 Å². The molecule has 256 valence electrons. The minimum absolute atomic E-state index is 0.0819. The number of aromatic nitrogens is 4. The van der Waals surface area contributed by atoms with Gasteiger partial charge in [0.15, 0.2) is 0 Å². The highest BCUT2D eigenvalue weighted by Crippen LogP contribution is 2.42. The Hall–Kier alpha value is -6.01. The Kier molecular flexibility index (Phi) is 10.5. The van der Waals surface area contributed by atoms with E-state index in [1.165, 1.54) is 16.7 Å². The third kappa shape index (κ3) is 6.48. The quantitative estimate of drug-likeness (QED) is 0.114. The fourth-order valence-corrected chi connectivity index (χ4v) is 7.35. The molecule has 0 radical (unpaired) electrons. The van der Waals surface area contributed by atoms with Gasteiger partial charge in [0, 0.05) is 12.4 Å². The largest absolute Gasteiger partial charge is 0.390 e. The number of halogens is 1. The third-order valence-corrected chi connectivity index (χ3v) is 9.77. The van der Waals surface area contributed by atoms with Crippen LogP contribution in [0.4, 0.5) is 0 Å². The van der Waals surface area contributed by atoms with Gasteiger partial charge in [-0.15, -0.1) is 11.6 Å². The maximum atomic E-state index is 9.55. The van der Waals surface area contributed by atoms with Gasteiger partial charge >= 0.3 is 0 Å². The lowest BCUT2D eigenvalue weighted by Gasteiger charge is -2.37. The van der Waals surface area contributed by atoms with Crippen molar-refractivity contribution in [2.75, 3.05) is 0 Å². The van der Waals surface area contributed by atoms with Crippen LogP contribution in [0.15, 0.2) is 207 Å². The number of nitrogens with zero attached hydrogens (tertiary/aromatic N) is 4. The molecule has 0 spiro atoms. The lowest BCUT2D eigenvalue weighted by atomic mass is 9.77. The minimum atomic E-state index is -0.565. The molecule has 0 saturated heterocycles. The first kappa shape index (κ1) is 34.4. The van der Waals surface area contributed by atoms with Crippen molar-refractivity contribution in [1.29, 1.82) is 0 Å². The zero-order chi connectivity index (χ0) is 35.6. The first-order valence-electron chi connectivity index (χ1n) is 17.3. The van der Waals surface area contributed by atoms with E-state index >= 15 is 0 Å². The molecule has 0 saturated carbocycles. The highest BCUT2D eigenvalue weighted by Gasteiger charge is 2.39. The number of hydrogen-bond acceptors (Lipinski definition) is 3. The molecule has 5 nitrogen and oxygen atoms in total. The summed E-state index contributed by atoms with van der Waals surface area (Å²) >= 11 is 6.05. The molecule has 0 unspecified atom stereocenters. The van der Waals surface area contributed by atoms with Crippen LogP contribution in [0.2, 0.25) is 0 Å². The van der Waals surface area contributed by atoms with Gasteiger partial charge < -0.3 is 14.2 Å². The van der Waals surface area contributed by atoms with E-state index in [9.17, 15) is 5.11 Å². The molecule has 2 heterocycles. The van der Waals surface area contributed by atoms with Crippen LogP contribution in [0, 0.1) is 0 Å². The van der Waals surface area contributed by atoms with Crippen molar-refractivity contribution < 1.29 is 5.11 Å². The Labute approximate surface area is 310 Å². The number of rotatable bonds is 10. The highest BCUT2D eigenvalue weighted by atomic mass is 35.5. The molecule has 0 amide bonds. The normalized spacial score (nSPS) is 11.4.